The largest absolute Gasteiger partial charge is 0.507 e. The molecule has 186 valence electrons. The summed E-state index contributed by atoms with van der Waals surface area (Å²) in [4.78, 5) is 30.2. The van der Waals surface area contributed by atoms with Crippen molar-refractivity contribution in [2.45, 2.75) is 26.8 Å². The Morgan fingerprint density at radius 1 is 1.06 bits per heavy atom. The van der Waals surface area contributed by atoms with Crippen molar-refractivity contribution in [3.05, 3.63) is 59.2 Å². The Morgan fingerprint density at radius 2 is 1.80 bits per heavy atom. The summed E-state index contributed by atoms with van der Waals surface area (Å²) in [6.07, 6.45) is 0. The number of Topliss-reactive ketones (excluding diaryl/α,β-unsaturated/α-hetero) is 1. The highest BCUT2D eigenvalue weighted by Gasteiger charge is 2.46. The van der Waals surface area contributed by atoms with Crippen LogP contribution in [0.25, 0.3) is 5.76 Å². The number of fused-ring (bicyclic) bond motifs is 1. The Balaban J connectivity index is 1.79. The number of amides is 1. The van der Waals surface area contributed by atoms with Crippen LogP contribution in [0.5, 0.6) is 17.2 Å². The summed E-state index contributed by atoms with van der Waals surface area (Å²) < 4.78 is 16.9. The van der Waals surface area contributed by atoms with E-state index in [1.807, 2.05) is 31.2 Å². The minimum absolute atomic E-state index is 0.0554. The van der Waals surface area contributed by atoms with Gasteiger partial charge in [-0.3, -0.25) is 9.59 Å². The molecule has 2 aromatic carbocycles. The van der Waals surface area contributed by atoms with E-state index in [0.29, 0.717) is 61.3 Å². The predicted molar refractivity (Wildman–Crippen MR) is 132 cm³/mol. The molecule has 8 nitrogen and oxygen atoms in total. The Morgan fingerprint density at radius 3 is 2.51 bits per heavy atom. The first-order valence-corrected chi connectivity index (χ1v) is 12.1. The number of hydrogen-bond donors (Lipinski definition) is 1. The van der Waals surface area contributed by atoms with Crippen LogP contribution in [0.15, 0.2) is 48.0 Å². The lowest BCUT2D eigenvalue weighted by Gasteiger charge is -2.28. The number of hydrogen-bond acceptors (Lipinski definition) is 7. The van der Waals surface area contributed by atoms with Gasteiger partial charge in [-0.05, 0) is 55.9 Å². The highest BCUT2D eigenvalue weighted by Crippen LogP contribution is 2.41. The minimum Gasteiger partial charge on any atom is -0.507 e. The molecule has 2 aliphatic rings. The van der Waals surface area contributed by atoms with Crippen LogP contribution in [0.1, 0.15) is 37.9 Å². The Kier molecular flexibility index (Phi) is 7.60. The van der Waals surface area contributed by atoms with Crippen molar-refractivity contribution >= 4 is 17.4 Å². The molecule has 1 amide bonds. The first-order valence-electron chi connectivity index (χ1n) is 12.1. The fourth-order valence-corrected chi connectivity index (χ4v) is 4.53. The van der Waals surface area contributed by atoms with Gasteiger partial charge >= 0.3 is 0 Å². The maximum Gasteiger partial charge on any atom is 0.295 e. The molecule has 1 atom stereocenters. The molecule has 0 spiro atoms. The van der Waals surface area contributed by atoms with Crippen molar-refractivity contribution < 1.29 is 28.9 Å². The van der Waals surface area contributed by atoms with Crippen LogP contribution in [0, 0.1) is 0 Å². The van der Waals surface area contributed by atoms with Gasteiger partial charge in [-0.15, -0.1) is 0 Å². The average Bonchev–Trinajstić information content (AvgIpc) is 3.14. The van der Waals surface area contributed by atoms with Gasteiger partial charge in [0.2, 0.25) is 0 Å². The molecule has 1 fully saturated rings. The molecule has 8 heteroatoms. The summed E-state index contributed by atoms with van der Waals surface area (Å²) in [6, 6.07) is 11.6. The Hall–Kier alpha value is -3.52. The summed E-state index contributed by atoms with van der Waals surface area (Å²) in [7, 11) is 0. The molecule has 1 saturated heterocycles. The summed E-state index contributed by atoms with van der Waals surface area (Å²) >= 11 is 0. The van der Waals surface area contributed by atoms with Crippen molar-refractivity contribution in [1.82, 2.24) is 9.80 Å². The van der Waals surface area contributed by atoms with E-state index in [0.717, 1.165) is 13.1 Å². The van der Waals surface area contributed by atoms with E-state index in [4.69, 9.17) is 14.2 Å². The highest BCUT2D eigenvalue weighted by molar-refractivity contribution is 6.46. The molecule has 0 aromatic heterocycles. The summed E-state index contributed by atoms with van der Waals surface area (Å²) in [5.74, 6) is 0.141. The molecular formula is C27H32N2O6. The standard InChI is InChI=1S/C27H32N2O6/c1-4-28(5-2)12-13-29-24(18-8-7-9-20(16-18)33-6-3)23(26(31)27(29)32)25(30)19-10-11-21-22(17-19)35-15-14-34-21/h7-11,16-17,24,30H,4-6,12-15H2,1-3H3/b25-23+/t24-/m1/s1. The molecule has 0 radical (unpaired) electrons. The number of benzene rings is 2. The highest BCUT2D eigenvalue weighted by atomic mass is 16.6. The average molecular weight is 481 g/mol. The third-order valence-electron chi connectivity index (χ3n) is 6.39. The zero-order valence-corrected chi connectivity index (χ0v) is 20.5. The first kappa shape index (κ1) is 24.6. The monoisotopic (exact) mass is 480 g/mol. The number of likely N-dealkylation sites (N-methyl/N-ethyl adjacent to an activating group) is 1. The molecule has 4 rings (SSSR count). The summed E-state index contributed by atoms with van der Waals surface area (Å²) in [5, 5.41) is 11.3. The summed E-state index contributed by atoms with van der Waals surface area (Å²) in [6.45, 7) is 9.99. The van der Waals surface area contributed by atoms with Gasteiger partial charge in [-0.1, -0.05) is 26.0 Å². The number of rotatable bonds is 9. The number of likely N-dealkylation sites (tertiary alicyclic amines) is 1. The second-order valence-electron chi connectivity index (χ2n) is 8.38. The van der Waals surface area contributed by atoms with Crippen molar-refractivity contribution in [1.29, 1.82) is 0 Å². The second-order valence-corrected chi connectivity index (χ2v) is 8.38. The number of carbonyl (C=O) groups is 2. The molecule has 35 heavy (non-hydrogen) atoms. The van der Waals surface area contributed by atoms with Crippen LogP contribution in [0.3, 0.4) is 0 Å². The maximum absolute atomic E-state index is 13.3. The van der Waals surface area contributed by atoms with Gasteiger partial charge < -0.3 is 29.1 Å². The van der Waals surface area contributed by atoms with Crippen LogP contribution >= 0.6 is 0 Å². The van der Waals surface area contributed by atoms with E-state index >= 15 is 0 Å². The molecule has 2 heterocycles. The molecule has 2 aliphatic heterocycles. The van der Waals surface area contributed by atoms with E-state index in [9.17, 15) is 14.7 Å². The summed E-state index contributed by atoms with van der Waals surface area (Å²) in [5.41, 5.74) is 1.15. The molecule has 1 N–H and O–H groups in total. The van der Waals surface area contributed by atoms with Gasteiger partial charge in [0.25, 0.3) is 11.7 Å². The third-order valence-corrected chi connectivity index (χ3v) is 6.39. The predicted octanol–water partition coefficient (Wildman–Crippen LogP) is 3.62. The van der Waals surface area contributed by atoms with E-state index in [-0.39, 0.29) is 11.3 Å². The van der Waals surface area contributed by atoms with Gasteiger partial charge in [0.1, 0.15) is 24.7 Å². The molecule has 2 aromatic rings. The van der Waals surface area contributed by atoms with Crippen LogP contribution in [0.2, 0.25) is 0 Å². The number of nitrogens with zero attached hydrogens (tertiary/aromatic N) is 2. The van der Waals surface area contributed by atoms with Crippen molar-refractivity contribution in [3.8, 4) is 17.2 Å². The quantitative estimate of drug-likeness (QED) is 0.333. The first-order chi connectivity index (χ1) is 17.0. The van der Waals surface area contributed by atoms with Gasteiger partial charge in [0, 0.05) is 18.7 Å². The van der Waals surface area contributed by atoms with E-state index in [2.05, 4.69) is 18.7 Å². The second kappa shape index (κ2) is 10.8. The zero-order chi connectivity index (χ0) is 24.9. The number of aliphatic hydroxyl groups excluding tert-OH is 1. The van der Waals surface area contributed by atoms with Crippen LogP contribution in [-0.4, -0.2) is 72.6 Å². The Labute approximate surface area is 205 Å². The van der Waals surface area contributed by atoms with Gasteiger partial charge in [0.15, 0.2) is 11.5 Å². The van der Waals surface area contributed by atoms with Gasteiger partial charge in [-0.2, -0.15) is 0 Å². The lowest BCUT2D eigenvalue weighted by molar-refractivity contribution is -0.140. The molecule has 0 bridgehead atoms. The molecule has 0 saturated carbocycles. The van der Waals surface area contributed by atoms with Crippen molar-refractivity contribution in [2.24, 2.45) is 0 Å². The van der Waals surface area contributed by atoms with Crippen molar-refractivity contribution in [3.63, 3.8) is 0 Å². The van der Waals surface area contributed by atoms with E-state index in [1.165, 1.54) is 0 Å². The zero-order valence-electron chi connectivity index (χ0n) is 20.5. The smallest absolute Gasteiger partial charge is 0.295 e. The molecule has 0 aliphatic carbocycles. The minimum atomic E-state index is -0.737. The molecular weight excluding hydrogens is 448 g/mol. The third kappa shape index (κ3) is 4.98. The fourth-order valence-electron chi connectivity index (χ4n) is 4.53. The Bertz CT molecular complexity index is 1120. The van der Waals surface area contributed by atoms with E-state index < -0.39 is 17.7 Å². The number of ether oxygens (including phenoxy) is 3. The maximum atomic E-state index is 13.3. The SMILES string of the molecule is CCOc1cccc([C@@H]2/C(=C(\O)c3ccc4c(c3)OCCO4)C(=O)C(=O)N2CCN(CC)CC)c1. The van der Waals surface area contributed by atoms with Gasteiger partial charge in [0.05, 0.1) is 18.2 Å². The topological polar surface area (TPSA) is 88.5 Å². The van der Waals surface area contributed by atoms with Crippen molar-refractivity contribution in [2.75, 3.05) is 46.0 Å². The van der Waals surface area contributed by atoms with Crippen LogP contribution in [-0.2, 0) is 9.59 Å². The lowest BCUT2D eigenvalue weighted by Crippen LogP contribution is -2.38. The lowest BCUT2D eigenvalue weighted by atomic mass is 9.95. The van der Waals surface area contributed by atoms with Gasteiger partial charge in [-0.25, -0.2) is 0 Å². The van der Waals surface area contributed by atoms with Crippen LogP contribution < -0.4 is 14.2 Å². The number of carbonyl (C=O) groups excluding carboxylic acids is 2. The van der Waals surface area contributed by atoms with Crippen LogP contribution in [0.4, 0.5) is 0 Å². The number of aliphatic hydroxyl groups is 1. The normalized spacial score (nSPS) is 18.9. The number of ketones is 1. The fraction of sp³-hybridized carbons (Fsp3) is 0.407. The molecule has 0 unspecified atom stereocenters. The van der Waals surface area contributed by atoms with E-state index in [1.54, 1.807) is 23.1 Å².